The monoisotopic (exact) mass is 337 g/mol. The predicted molar refractivity (Wildman–Crippen MR) is 91.2 cm³/mol. The molecule has 25 heavy (non-hydrogen) atoms. The molecule has 1 fully saturated rings. The molecule has 6 nitrogen and oxygen atoms in total. The molecule has 1 aromatic heterocycles. The molecule has 6 heteroatoms. The van der Waals surface area contributed by atoms with Gasteiger partial charge in [-0.25, -0.2) is 14.8 Å². The number of rotatable bonds is 5. The van der Waals surface area contributed by atoms with Gasteiger partial charge in [0.2, 0.25) is 0 Å². The van der Waals surface area contributed by atoms with Crippen LogP contribution in [0.15, 0.2) is 30.6 Å². The van der Waals surface area contributed by atoms with Crippen LogP contribution in [0.1, 0.15) is 48.0 Å². The Labute approximate surface area is 146 Å². The lowest BCUT2D eigenvalue weighted by atomic mass is 9.90. The zero-order valence-electron chi connectivity index (χ0n) is 13.8. The highest BCUT2D eigenvalue weighted by Gasteiger charge is 2.15. The van der Waals surface area contributed by atoms with Gasteiger partial charge < -0.3 is 9.84 Å². The summed E-state index contributed by atoms with van der Waals surface area (Å²) in [5.41, 5.74) is 1.11. The first-order chi connectivity index (χ1) is 12.2. The van der Waals surface area contributed by atoms with E-state index in [9.17, 15) is 10.1 Å². The molecule has 0 radical (unpaired) electrons. The first-order valence-electron chi connectivity index (χ1n) is 8.40. The number of hydrogen-bond acceptors (Lipinski definition) is 5. The summed E-state index contributed by atoms with van der Waals surface area (Å²) in [5, 5.41) is 18.3. The SMILES string of the molecule is N#Cc1cc(-c2ncc(C(=O)O)cn2)ccc1OCC1CCCCC1. The Hall–Kier alpha value is -2.94. The van der Waals surface area contributed by atoms with Crippen molar-refractivity contribution in [2.45, 2.75) is 32.1 Å². The van der Waals surface area contributed by atoms with E-state index < -0.39 is 5.97 Å². The van der Waals surface area contributed by atoms with Crippen molar-refractivity contribution in [3.63, 3.8) is 0 Å². The maximum Gasteiger partial charge on any atom is 0.338 e. The molecule has 0 saturated heterocycles. The van der Waals surface area contributed by atoms with Crippen molar-refractivity contribution in [3.8, 4) is 23.2 Å². The molecule has 128 valence electrons. The number of carboxylic acids is 1. The Morgan fingerprint density at radius 2 is 1.96 bits per heavy atom. The smallest absolute Gasteiger partial charge is 0.338 e. The third-order valence-corrected chi connectivity index (χ3v) is 4.46. The molecular weight excluding hydrogens is 318 g/mol. The average molecular weight is 337 g/mol. The van der Waals surface area contributed by atoms with Gasteiger partial charge in [0.25, 0.3) is 0 Å². The minimum absolute atomic E-state index is 0.0247. The van der Waals surface area contributed by atoms with Crippen molar-refractivity contribution in [3.05, 3.63) is 41.7 Å². The lowest BCUT2D eigenvalue weighted by Gasteiger charge is -2.22. The summed E-state index contributed by atoms with van der Waals surface area (Å²) in [5.74, 6) is 0.432. The lowest BCUT2D eigenvalue weighted by molar-refractivity contribution is 0.0696. The van der Waals surface area contributed by atoms with E-state index >= 15 is 0 Å². The van der Waals surface area contributed by atoms with E-state index in [1.165, 1.54) is 44.5 Å². The Morgan fingerprint density at radius 1 is 1.24 bits per heavy atom. The zero-order valence-corrected chi connectivity index (χ0v) is 13.8. The van der Waals surface area contributed by atoms with Gasteiger partial charge in [0.1, 0.15) is 11.8 Å². The second-order valence-electron chi connectivity index (χ2n) is 6.24. The molecule has 1 aromatic carbocycles. The van der Waals surface area contributed by atoms with Crippen LogP contribution >= 0.6 is 0 Å². The van der Waals surface area contributed by atoms with Crippen LogP contribution in [-0.2, 0) is 0 Å². The Bertz CT molecular complexity index is 791. The molecule has 1 aliphatic rings. The van der Waals surface area contributed by atoms with Crippen molar-refractivity contribution in [1.29, 1.82) is 5.26 Å². The van der Waals surface area contributed by atoms with Crippen LogP contribution < -0.4 is 4.74 Å². The van der Waals surface area contributed by atoms with Crippen LogP contribution in [0.2, 0.25) is 0 Å². The summed E-state index contributed by atoms with van der Waals surface area (Å²) in [7, 11) is 0. The van der Waals surface area contributed by atoms with Crippen molar-refractivity contribution >= 4 is 5.97 Å². The summed E-state index contributed by atoms with van der Waals surface area (Å²) in [6.07, 6.45) is 8.68. The summed E-state index contributed by atoms with van der Waals surface area (Å²) in [4.78, 5) is 19.0. The van der Waals surface area contributed by atoms with Gasteiger partial charge in [-0.15, -0.1) is 0 Å². The molecule has 1 N–H and O–H groups in total. The minimum Gasteiger partial charge on any atom is -0.492 e. The maximum atomic E-state index is 10.9. The van der Waals surface area contributed by atoms with E-state index in [-0.39, 0.29) is 5.56 Å². The van der Waals surface area contributed by atoms with Crippen molar-refractivity contribution < 1.29 is 14.6 Å². The molecule has 1 aliphatic carbocycles. The summed E-state index contributed by atoms with van der Waals surface area (Å²) >= 11 is 0. The Morgan fingerprint density at radius 3 is 2.60 bits per heavy atom. The quantitative estimate of drug-likeness (QED) is 0.894. The van der Waals surface area contributed by atoms with Crippen LogP contribution in [-0.4, -0.2) is 27.7 Å². The Balaban J connectivity index is 1.74. The van der Waals surface area contributed by atoms with Gasteiger partial charge in [-0.2, -0.15) is 5.26 Å². The number of nitrogens with zero attached hydrogens (tertiary/aromatic N) is 3. The van der Waals surface area contributed by atoms with Gasteiger partial charge >= 0.3 is 5.97 Å². The average Bonchev–Trinajstić information content (AvgIpc) is 2.67. The Kier molecular flexibility index (Phi) is 5.24. The molecular formula is C19H19N3O3. The fourth-order valence-corrected chi connectivity index (χ4v) is 3.03. The molecule has 0 atom stereocenters. The van der Waals surface area contributed by atoms with E-state index in [1.54, 1.807) is 18.2 Å². The fraction of sp³-hybridized carbons (Fsp3) is 0.368. The molecule has 0 aliphatic heterocycles. The largest absolute Gasteiger partial charge is 0.492 e. The van der Waals surface area contributed by atoms with E-state index in [2.05, 4.69) is 16.0 Å². The third kappa shape index (κ3) is 4.13. The molecule has 0 unspecified atom stereocenters. The first-order valence-corrected chi connectivity index (χ1v) is 8.40. The van der Waals surface area contributed by atoms with Gasteiger partial charge in [-0.05, 0) is 37.0 Å². The van der Waals surface area contributed by atoms with Gasteiger partial charge in [0.15, 0.2) is 5.82 Å². The highest BCUT2D eigenvalue weighted by atomic mass is 16.5. The van der Waals surface area contributed by atoms with Crippen LogP contribution in [0.4, 0.5) is 0 Å². The maximum absolute atomic E-state index is 10.9. The number of ether oxygens (including phenoxy) is 1. The van der Waals surface area contributed by atoms with Gasteiger partial charge in [0, 0.05) is 18.0 Å². The molecule has 0 spiro atoms. The molecule has 1 saturated carbocycles. The van der Waals surface area contributed by atoms with E-state index in [4.69, 9.17) is 9.84 Å². The number of benzene rings is 1. The normalized spacial score (nSPS) is 14.7. The molecule has 0 bridgehead atoms. The predicted octanol–water partition coefficient (Wildman–Crippen LogP) is 3.67. The molecule has 1 heterocycles. The van der Waals surface area contributed by atoms with E-state index in [0.29, 0.717) is 35.2 Å². The third-order valence-electron chi connectivity index (χ3n) is 4.46. The minimum atomic E-state index is -1.07. The first kappa shape index (κ1) is 16.9. The number of carbonyl (C=O) groups is 1. The van der Waals surface area contributed by atoms with Gasteiger partial charge in [0.05, 0.1) is 17.7 Å². The second kappa shape index (κ2) is 7.75. The highest BCUT2D eigenvalue weighted by molar-refractivity contribution is 5.86. The summed E-state index contributed by atoms with van der Waals surface area (Å²) in [6, 6.07) is 7.36. The highest BCUT2D eigenvalue weighted by Crippen LogP contribution is 2.28. The van der Waals surface area contributed by atoms with E-state index in [0.717, 1.165) is 0 Å². The summed E-state index contributed by atoms with van der Waals surface area (Å²) < 4.78 is 5.87. The zero-order chi connectivity index (χ0) is 17.6. The van der Waals surface area contributed by atoms with E-state index in [1.807, 2.05) is 0 Å². The second-order valence-corrected chi connectivity index (χ2v) is 6.24. The molecule has 0 amide bonds. The fourth-order valence-electron chi connectivity index (χ4n) is 3.03. The number of nitriles is 1. The molecule has 3 rings (SSSR count). The summed E-state index contributed by atoms with van der Waals surface area (Å²) in [6.45, 7) is 0.637. The van der Waals surface area contributed by atoms with Gasteiger partial charge in [-0.3, -0.25) is 0 Å². The van der Waals surface area contributed by atoms with Crippen LogP contribution in [0.3, 0.4) is 0 Å². The van der Waals surface area contributed by atoms with Crippen molar-refractivity contribution in [2.75, 3.05) is 6.61 Å². The topological polar surface area (TPSA) is 96.1 Å². The molecule has 2 aromatic rings. The van der Waals surface area contributed by atoms with Crippen LogP contribution in [0, 0.1) is 17.2 Å². The number of aromatic nitrogens is 2. The number of aromatic carboxylic acids is 1. The van der Waals surface area contributed by atoms with Crippen molar-refractivity contribution in [2.24, 2.45) is 5.92 Å². The number of hydrogen-bond donors (Lipinski definition) is 1. The van der Waals surface area contributed by atoms with Crippen LogP contribution in [0.5, 0.6) is 5.75 Å². The lowest BCUT2D eigenvalue weighted by Crippen LogP contribution is -2.15. The number of carboxylic acid groups (broad SMARTS) is 1. The van der Waals surface area contributed by atoms with Crippen molar-refractivity contribution in [1.82, 2.24) is 9.97 Å². The van der Waals surface area contributed by atoms with Gasteiger partial charge in [-0.1, -0.05) is 19.3 Å². The van der Waals surface area contributed by atoms with Crippen LogP contribution in [0.25, 0.3) is 11.4 Å². The standard InChI is InChI=1S/C19H19N3O3/c20-9-15-8-14(18-21-10-16(11-22-18)19(23)24)6-7-17(15)25-12-13-4-2-1-3-5-13/h6-8,10-11,13H,1-5,12H2,(H,23,24).